The monoisotopic (exact) mass is 172 g/mol. The molecule has 0 aromatic rings. The van der Waals surface area contributed by atoms with E-state index in [1.54, 1.807) is 0 Å². The Morgan fingerprint density at radius 2 is 1.44 bits per heavy atom. The van der Waals surface area contributed by atoms with Crippen LogP contribution in [0.4, 0.5) is 0 Å². The van der Waals surface area contributed by atoms with Gasteiger partial charge in [-0.15, -0.1) is 11.7 Å². The fourth-order valence-corrected chi connectivity index (χ4v) is 0.367. The summed E-state index contributed by atoms with van der Waals surface area (Å²) in [7, 11) is 1.35. The van der Waals surface area contributed by atoms with Crippen molar-refractivity contribution in [2.45, 2.75) is 0 Å². The third kappa shape index (κ3) is 29.0. The van der Waals surface area contributed by atoms with E-state index in [0.29, 0.717) is 0 Å². The Morgan fingerprint density at radius 3 is 1.44 bits per heavy atom. The third-order valence-corrected chi connectivity index (χ3v) is 1.20. The average Bonchev–Trinajstić information content (AvgIpc) is 1.91. The quantitative estimate of drug-likeness (QED) is 0.343. The lowest BCUT2D eigenvalue weighted by Crippen LogP contribution is -1.85. The Morgan fingerprint density at radius 1 is 1.00 bits per heavy atom. The van der Waals surface area contributed by atoms with Gasteiger partial charge in [-0.3, -0.25) is 0 Å². The molecule has 0 radical (unpaired) electrons. The highest BCUT2D eigenvalue weighted by molar-refractivity contribution is 8.68. The molecule has 0 aliphatic carbocycles. The standard InChI is InChI=1S/C2H6O2.C2H6OS2/c3-1-2-4;3-1-2-5-4/h3-4H,1-2H2;3-4H,1-2H2. The Balaban J connectivity index is 0. The number of aliphatic hydroxyl groups is 3. The molecule has 0 unspecified atom stereocenters. The number of thiol groups is 1. The molecule has 0 aliphatic heterocycles. The van der Waals surface area contributed by atoms with Gasteiger partial charge in [-0.25, -0.2) is 0 Å². The van der Waals surface area contributed by atoms with Crippen LogP contribution in [0.15, 0.2) is 0 Å². The molecule has 0 bridgehead atoms. The van der Waals surface area contributed by atoms with Gasteiger partial charge in [-0.1, -0.05) is 10.8 Å². The van der Waals surface area contributed by atoms with Crippen LogP contribution in [0.5, 0.6) is 0 Å². The summed E-state index contributed by atoms with van der Waals surface area (Å²) in [4.78, 5) is 0. The Kier molecular flexibility index (Phi) is 21.6. The van der Waals surface area contributed by atoms with Crippen LogP contribution in [0, 0.1) is 0 Å². The van der Waals surface area contributed by atoms with E-state index in [9.17, 15) is 0 Å². The van der Waals surface area contributed by atoms with Gasteiger partial charge in [0.1, 0.15) is 0 Å². The molecule has 0 saturated carbocycles. The van der Waals surface area contributed by atoms with Gasteiger partial charge < -0.3 is 15.3 Å². The molecule has 0 aliphatic rings. The lowest BCUT2D eigenvalue weighted by atomic mass is 10.8. The van der Waals surface area contributed by atoms with E-state index in [2.05, 4.69) is 11.7 Å². The van der Waals surface area contributed by atoms with Crippen LogP contribution in [0.2, 0.25) is 0 Å². The van der Waals surface area contributed by atoms with E-state index in [1.807, 2.05) is 0 Å². The number of aliphatic hydroxyl groups excluding tert-OH is 3. The van der Waals surface area contributed by atoms with Crippen molar-refractivity contribution in [2.24, 2.45) is 0 Å². The summed E-state index contributed by atoms with van der Waals surface area (Å²) in [6, 6.07) is 0. The molecule has 9 heavy (non-hydrogen) atoms. The molecule has 0 rings (SSSR count). The van der Waals surface area contributed by atoms with Crippen molar-refractivity contribution in [3.63, 3.8) is 0 Å². The molecule has 0 aromatic carbocycles. The van der Waals surface area contributed by atoms with Crippen molar-refractivity contribution in [3.8, 4) is 0 Å². The summed E-state index contributed by atoms with van der Waals surface area (Å²) >= 11 is 3.76. The molecule has 0 fully saturated rings. The maximum absolute atomic E-state index is 8.00. The highest BCUT2D eigenvalue weighted by Crippen LogP contribution is 2.00. The highest BCUT2D eigenvalue weighted by Gasteiger charge is 1.70. The van der Waals surface area contributed by atoms with Crippen LogP contribution in [0.25, 0.3) is 0 Å². The molecule has 0 spiro atoms. The number of rotatable bonds is 3. The summed E-state index contributed by atoms with van der Waals surface area (Å²) in [5.74, 6) is 0.725. The SMILES string of the molecule is OCCO.OCCSS. The Labute approximate surface area is 63.9 Å². The second kappa shape index (κ2) is 15.8. The van der Waals surface area contributed by atoms with E-state index >= 15 is 0 Å². The molecule has 0 saturated heterocycles. The minimum Gasteiger partial charge on any atom is -0.395 e. The molecular formula is C4H12O3S2. The van der Waals surface area contributed by atoms with Crippen molar-refractivity contribution in [1.29, 1.82) is 0 Å². The van der Waals surface area contributed by atoms with E-state index in [0.717, 1.165) is 5.75 Å². The lowest BCUT2D eigenvalue weighted by molar-refractivity contribution is 0.186. The van der Waals surface area contributed by atoms with Crippen molar-refractivity contribution < 1.29 is 15.3 Å². The first-order chi connectivity index (χ1) is 4.33. The fraction of sp³-hybridized carbons (Fsp3) is 1.00. The fourth-order valence-electron chi connectivity index (χ4n) is 0.0408. The van der Waals surface area contributed by atoms with Crippen molar-refractivity contribution >= 4 is 22.5 Å². The summed E-state index contributed by atoms with van der Waals surface area (Å²) in [5, 5.41) is 23.2. The summed E-state index contributed by atoms with van der Waals surface area (Å²) in [5.41, 5.74) is 0. The van der Waals surface area contributed by atoms with E-state index in [4.69, 9.17) is 15.3 Å². The number of hydrogen-bond acceptors (Lipinski definition) is 5. The topological polar surface area (TPSA) is 60.7 Å². The van der Waals surface area contributed by atoms with Gasteiger partial charge >= 0.3 is 0 Å². The zero-order valence-electron chi connectivity index (χ0n) is 5.03. The minimum atomic E-state index is -0.125. The molecule has 58 valence electrons. The smallest absolute Gasteiger partial charge is 0.0662 e. The van der Waals surface area contributed by atoms with Crippen LogP contribution >= 0.6 is 22.5 Å². The van der Waals surface area contributed by atoms with Crippen LogP contribution in [0.3, 0.4) is 0 Å². The molecule has 3 nitrogen and oxygen atoms in total. The largest absolute Gasteiger partial charge is 0.395 e. The van der Waals surface area contributed by atoms with Gasteiger partial charge in [0.05, 0.1) is 19.8 Å². The average molecular weight is 172 g/mol. The third-order valence-electron chi connectivity index (χ3n) is 0.283. The molecule has 0 heterocycles. The van der Waals surface area contributed by atoms with Crippen LogP contribution in [0.1, 0.15) is 0 Å². The normalized spacial score (nSPS) is 8.00. The van der Waals surface area contributed by atoms with Gasteiger partial charge in [-0.2, -0.15) is 0 Å². The molecule has 0 amide bonds. The van der Waals surface area contributed by atoms with Gasteiger partial charge in [0.15, 0.2) is 0 Å². The van der Waals surface area contributed by atoms with Crippen LogP contribution in [-0.2, 0) is 0 Å². The zero-order chi connectivity index (χ0) is 7.54. The van der Waals surface area contributed by atoms with Gasteiger partial charge in [0.25, 0.3) is 0 Å². The van der Waals surface area contributed by atoms with E-state index < -0.39 is 0 Å². The van der Waals surface area contributed by atoms with Gasteiger partial charge in [-0.05, 0) is 0 Å². The van der Waals surface area contributed by atoms with Gasteiger partial charge in [0, 0.05) is 5.75 Å². The highest BCUT2D eigenvalue weighted by atomic mass is 33.1. The summed E-state index contributed by atoms with van der Waals surface area (Å²) in [6.07, 6.45) is 0. The molecular weight excluding hydrogens is 160 g/mol. The first kappa shape index (κ1) is 12.3. The maximum Gasteiger partial charge on any atom is 0.0662 e. The van der Waals surface area contributed by atoms with Crippen molar-refractivity contribution in [3.05, 3.63) is 0 Å². The van der Waals surface area contributed by atoms with E-state index in [-0.39, 0.29) is 19.8 Å². The maximum atomic E-state index is 8.00. The van der Waals surface area contributed by atoms with E-state index in [1.165, 1.54) is 10.8 Å². The second-order valence-electron chi connectivity index (χ2n) is 1.00. The molecule has 0 aromatic heterocycles. The van der Waals surface area contributed by atoms with Crippen LogP contribution < -0.4 is 0 Å². The lowest BCUT2D eigenvalue weighted by Gasteiger charge is -1.78. The molecule has 3 N–H and O–H groups in total. The Bertz CT molecular complexity index is 33.0. The first-order valence-electron chi connectivity index (χ1n) is 2.42. The minimum absolute atomic E-state index is 0.125. The second-order valence-corrected chi connectivity index (χ2v) is 2.45. The first-order valence-corrected chi connectivity index (χ1v) is 4.46. The Hall–Kier alpha value is 0.580. The zero-order valence-corrected chi connectivity index (χ0v) is 6.74. The predicted octanol–water partition coefficient (Wildman–Crippen LogP) is -0.472. The summed E-state index contributed by atoms with van der Waals surface area (Å²) < 4.78 is 0. The predicted molar refractivity (Wildman–Crippen MR) is 42.7 cm³/mol. The summed E-state index contributed by atoms with van der Waals surface area (Å²) in [6.45, 7) is -0.0197. The van der Waals surface area contributed by atoms with Crippen molar-refractivity contribution in [2.75, 3.05) is 25.6 Å². The van der Waals surface area contributed by atoms with Crippen molar-refractivity contribution in [1.82, 2.24) is 0 Å². The molecule has 0 atom stereocenters. The van der Waals surface area contributed by atoms with Gasteiger partial charge in [0.2, 0.25) is 0 Å². The number of hydrogen-bond donors (Lipinski definition) is 4. The van der Waals surface area contributed by atoms with Crippen LogP contribution in [-0.4, -0.2) is 40.9 Å². The molecule has 5 heteroatoms.